The van der Waals surface area contributed by atoms with Gasteiger partial charge in [-0.05, 0) is 19.1 Å². The Labute approximate surface area is 76.7 Å². The molecule has 0 spiro atoms. The van der Waals surface area contributed by atoms with Crippen LogP contribution in [0.15, 0.2) is 24.3 Å². The zero-order valence-electron chi connectivity index (χ0n) is 7.41. The van der Waals surface area contributed by atoms with Crippen molar-refractivity contribution in [2.75, 3.05) is 17.7 Å². The Morgan fingerprint density at radius 1 is 1.54 bits per heavy atom. The minimum Gasteiger partial charge on any atom is -0.450 e. The lowest BCUT2D eigenvalue weighted by molar-refractivity contribution is 0.168. The zero-order valence-corrected chi connectivity index (χ0v) is 7.41. The molecular formula is C9H12N2O2. The molecule has 1 aromatic rings. The van der Waals surface area contributed by atoms with Crippen molar-refractivity contribution < 1.29 is 9.53 Å². The molecule has 0 aromatic heterocycles. The van der Waals surface area contributed by atoms with E-state index in [9.17, 15) is 4.79 Å². The number of hydrogen-bond acceptors (Lipinski definition) is 3. The average Bonchev–Trinajstić information content (AvgIpc) is 2.09. The number of amides is 1. The van der Waals surface area contributed by atoms with E-state index in [2.05, 4.69) is 5.32 Å². The van der Waals surface area contributed by atoms with Crippen LogP contribution in [0.3, 0.4) is 0 Å². The first kappa shape index (κ1) is 9.38. The lowest BCUT2D eigenvalue weighted by Gasteiger charge is -2.06. The van der Waals surface area contributed by atoms with Gasteiger partial charge in [-0.15, -0.1) is 0 Å². The van der Waals surface area contributed by atoms with Crippen molar-refractivity contribution in [2.24, 2.45) is 0 Å². The Bertz CT molecular complexity index is 299. The van der Waals surface area contributed by atoms with Gasteiger partial charge >= 0.3 is 6.09 Å². The summed E-state index contributed by atoms with van der Waals surface area (Å²) in [4.78, 5) is 11.0. The van der Waals surface area contributed by atoms with Gasteiger partial charge in [-0.25, -0.2) is 4.79 Å². The van der Waals surface area contributed by atoms with Gasteiger partial charge in [0.05, 0.1) is 18.0 Å². The summed E-state index contributed by atoms with van der Waals surface area (Å²) < 4.78 is 4.70. The number of carbonyl (C=O) groups excluding carboxylic acids is 1. The molecule has 4 nitrogen and oxygen atoms in total. The summed E-state index contributed by atoms with van der Waals surface area (Å²) in [6.07, 6.45) is -0.486. The molecule has 0 atom stereocenters. The maximum absolute atomic E-state index is 11.0. The van der Waals surface area contributed by atoms with Crippen LogP contribution in [-0.4, -0.2) is 12.7 Å². The Morgan fingerprint density at radius 2 is 2.23 bits per heavy atom. The number of nitrogen functional groups attached to an aromatic ring is 1. The fraction of sp³-hybridized carbons (Fsp3) is 0.222. The van der Waals surface area contributed by atoms with Crippen LogP contribution >= 0.6 is 0 Å². The number of ether oxygens (including phenoxy) is 1. The molecule has 13 heavy (non-hydrogen) atoms. The van der Waals surface area contributed by atoms with E-state index in [1.807, 2.05) is 0 Å². The van der Waals surface area contributed by atoms with Gasteiger partial charge in [0.2, 0.25) is 0 Å². The molecule has 0 aliphatic carbocycles. The predicted molar refractivity (Wildman–Crippen MR) is 51.5 cm³/mol. The van der Waals surface area contributed by atoms with Crippen LogP contribution in [0.2, 0.25) is 0 Å². The van der Waals surface area contributed by atoms with E-state index in [1.165, 1.54) is 0 Å². The van der Waals surface area contributed by atoms with Gasteiger partial charge in [0, 0.05) is 0 Å². The quantitative estimate of drug-likeness (QED) is 0.682. The highest BCUT2D eigenvalue weighted by Gasteiger charge is 2.03. The highest BCUT2D eigenvalue weighted by Crippen LogP contribution is 2.16. The van der Waals surface area contributed by atoms with Gasteiger partial charge < -0.3 is 10.5 Å². The van der Waals surface area contributed by atoms with Crippen LogP contribution in [0.25, 0.3) is 0 Å². The van der Waals surface area contributed by atoms with E-state index in [4.69, 9.17) is 10.5 Å². The van der Waals surface area contributed by atoms with E-state index in [-0.39, 0.29) is 0 Å². The average molecular weight is 180 g/mol. The van der Waals surface area contributed by atoms with Gasteiger partial charge in [0.1, 0.15) is 0 Å². The van der Waals surface area contributed by atoms with Crippen LogP contribution in [0.5, 0.6) is 0 Å². The molecule has 0 saturated heterocycles. The number of carbonyl (C=O) groups is 1. The third-order valence-electron chi connectivity index (χ3n) is 1.47. The lowest BCUT2D eigenvalue weighted by atomic mass is 10.3. The van der Waals surface area contributed by atoms with Crippen molar-refractivity contribution in [2.45, 2.75) is 6.92 Å². The largest absolute Gasteiger partial charge is 0.450 e. The molecule has 1 aromatic carbocycles. The third kappa shape index (κ3) is 2.66. The Morgan fingerprint density at radius 3 is 2.85 bits per heavy atom. The Hall–Kier alpha value is -1.71. The monoisotopic (exact) mass is 180 g/mol. The molecule has 0 heterocycles. The summed E-state index contributed by atoms with van der Waals surface area (Å²) in [7, 11) is 0. The number of para-hydroxylation sites is 2. The molecule has 1 rings (SSSR count). The predicted octanol–water partition coefficient (Wildman–Crippen LogP) is 1.84. The van der Waals surface area contributed by atoms with Gasteiger partial charge in [-0.1, -0.05) is 12.1 Å². The van der Waals surface area contributed by atoms with Gasteiger partial charge in [-0.3, -0.25) is 5.32 Å². The van der Waals surface area contributed by atoms with Crippen molar-refractivity contribution in [3.8, 4) is 0 Å². The molecule has 0 aliphatic heterocycles. The van der Waals surface area contributed by atoms with Crippen molar-refractivity contribution in [3.05, 3.63) is 24.3 Å². The van der Waals surface area contributed by atoms with Crippen LogP contribution in [0.4, 0.5) is 16.2 Å². The van der Waals surface area contributed by atoms with E-state index < -0.39 is 6.09 Å². The molecule has 0 radical (unpaired) electrons. The molecule has 1 amide bonds. The summed E-state index contributed by atoms with van der Waals surface area (Å²) in [6.45, 7) is 2.09. The summed E-state index contributed by atoms with van der Waals surface area (Å²) in [5.74, 6) is 0. The number of nitrogens with two attached hydrogens (primary N) is 1. The van der Waals surface area contributed by atoms with Crippen LogP contribution in [0.1, 0.15) is 6.92 Å². The van der Waals surface area contributed by atoms with Crippen molar-refractivity contribution in [1.29, 1.82) is 0 Å². The van der Waals surface area contributed by atoms with Gasteiger partial charge in [0.15, 0.2) is 0 Å². The molecular weight excluding hydrogens is 168 g/mol. The van der Waals surface area contributed by atoms with E-state index in [0.717, 1.165) is 0 Å². The second kappa shape index (κ2) is 4.35. The fourth-order valence-corrected chi connectivity index (χ4v) is 0.888. The van der Waals surface area contributed by atoms with Crippen molar-refractivity contribution in [1.82, 2.24) is 0 Å². The van der Waals surface area contributed by atoms with Crippen molar-refractivity contribution >= 4 is 17.5 Å². The van der Waals surface area contributed by atoms with E-state index >= 15 is 0 Å². The molecule has 0 bridgehead atoms. The summed E-state index contributed by atoms with van der Waals surface area (Å²) >= 11 is 0. The highest BCUT2D eigenvalue weighted by molar-refractivity contribution is 5.88. The standard InChI is InChI=1S/C9H12N2O2/c1-2-13-9(12)11-8-6-4-3-5-7(8)10/h3-6H,2,10H2,1H3,(H,11,12). The molecule has 0 saturated carbocycles. The first-order valence-electron chi connectivity index (χ1n) is 4.02. The Balaban J connectivity index is 2.63. The summed E-state index contributed by atoms with van der Waals surface area (Å²) in [5.41, 5.74) is 6.69. The first-order chi connectivity index (χ1) is 6.24. The number of nitrogens with one attached hydrogen (secondary N) is 1. The molecule has 0 aliphatic rings. The maximum Gasteiger partial charge on any atom is 0.411 e. The number of anilines is 2. The summed E-state index contributed by atoms with van der Waals surface area (Å²) in [6, 6.07) is 7.01. The normalized spacial score (nSPS) is 9.31. The Kier molecular flexibility index (Phi) is 3.14. The topological polar surface area (TPSA) is 64.3 Å². The maximum atomic E-state index is 11.0. The minimum atomic E-state index is -0.486. The van der Waals surface area contributed by atoms with Crippen molar-refractivity contribution in [3.63, 3.8) is 0 Å². The van der Waals surface area contributed by atoms with Crippen LogP contribution in [0, 0.1) is 0 Å². The van der Waals surface area contributed by atoms with E-state index in [0.29, 0.717) is 18.0 Å². The first-order valence-corrected chi connectivity index (χ1v) is 4.02. The minimum absolute atomic E-state index is 0.346. The number of rotatable bonds is 2. The van der Waals surface area contributed by atoms with Crippen LogP contribution < -0.4 is 11.1 Å². The van der Waals surface area contributed by atoms with Crippen LogP contribution in [-0.2, 0) is 4.74 Å². The second-order valence-electron chi connectivity index (χ2n) is 2.43. The summed E-state index contributed by atoms with van der Waals surface area (Å²) in [5, 5.41) is 2.52. The van der Waals surface area contributed by atoms with Gasteiger partial charge in [-0.2, -0.15) is 0 Å². The molecule has 70 valence electrons. The van der Waals surface area contributed by atoms with E-state index in [1.54, 1.807) is 31.2 Å². The molecule has 0 fully saturated rings. The zero-order chi connectivity index (χ0) is 9.68. The molecule has 3 N–H and O–H groups in total. The molecule has 0 unspecified atom stereocenters. The SMILES string of the molecule is CCOC(=O)Nc1ccccc1N. The fourth-order valence-electron chi connectivity index (χ4n) is 0.888. The van der Waals surface area contributed by atoms with Gasteiger partial charge in [0.25, 0.3) is 0 Å². The third-order valence-corrected chi connectivity index (χ3v) is 1.47. The second-order valence-corrected chi connectivity index (χ2v) is 2.43. The smallest absolute Gasteiger partial charge is 0.411 e. The molecule has 4 heteroatoms. The number of benzene rings is 1. The lowest BCUT2D eigenvalue weighted by Crippen LogP contribution is -2.14. The number of hydrogen-bond donors (Lipinski definition) is 2. The highest BCUT2D eigenvalue weighted by atomic mass is 16.5.